The maximum atomic E-state index is 13.4. The quantitative estimate of drug-likeness (QED) is 0.902. The Morgan fingerprint density at radius 1 is 1.16 bits per heavy atom. The molecule has 2 atom stereocenters. The Balaban J connectivity index is 1.48. The molecule has 0 amide bonds. The van der Waals surface area contributed by atoms with Crippen molar-refractivity contribution in [3.05, 3.63) is 36.1 Å². The first kappa shape index (κ1) is 16.7. The number of halogens is 1. The normalized spacial score (nSPS) is 23.0. The van der Waals surface area contributed by atoms with Crippen LogP contribution < -0.4 is 5.32 Å². The van der Waals surface area contributed by atoms with Crippen molar-refractivity contribution in [2.45, 2.75) is 12.5 Å². The van der Waals surface area contributed by atoms with Gasteiger partial charge in [0.05, 0.1) is 25.3 Å². The second kappa shape index (κ2) is 7.64. The summed E-state index contributed by atoms with van der Waals surface area (Å²) in [5.41, 5.74) is 0.678. The van der Waals surface area contributed by atoms with Gasteiger partial charge in [-0.15, -0.1) is 0 Å². The number of anilines is 1. The van der Waals surface area contributed by atoms with Crippen LogP contribution in [0.5, 0.6) is 0 Å². The van der Waals surface area contributed by atoms with Crippen molar-refractivity contribution >= 4 is 16.7 Å². The fourth-order valence-electron chi connectivity index (χ4n) is 3.76. The number of hydrogen-bond acceptors (Lipinski definition) is 5. The predicted molar refractivity (Wildman–Crippen MR) is 95.3 cm³/mol. The molecule has 3 heterocycles. The van der Waals surface area contributed by atoms with Crippen LogP contribution in [0.1, 0.15) is 6.42 Å². The number of benzene rings is 1. The second-order valence-electron chi connectivity index (χ2n) is 6.75. The van der Waals surface area contributed by atoms with Crippen molar-refractivity contribution in [1.29, 1.82) is 0 Å². The van der Waals surface area contributed by atoms with E-state index in [9.17, 15) is 4.39 Å². The molecule has 2 fully saturated rings. The van der Waals surface area contributed by atoms with Crippen LogP contribution in [-0.4, -0.2) is 62.0 Å². The second-order valence-corrected chi connectivity index (χ2v) is 6.75. The first-order valence-electron chi connectivity index (χ1n) is 8.99. The van der Waals surface area contributed by atoms with Gasteiger partial charge in [0.15, 0.2) is 0 Å². The smallest absolute Gasteiger partial charge is 0.126 e. The third-order valence-corrected chi connectivity index (χ3v) is 5.17. The summed E-state index contributed by atoms with van der Waals surface area (Å²) in [5.74, 6) is 1.06. The zero-order valence-corrected chi connectivity index (χ0v) is 14.3. The van der Waals surface area contributed by atoms with Crippen LogP contribution in [0.25, 0.3) is 10.9 Å². The number of morpholine rings is 1. The van der Waals surface area contributed by atoms with Gasteiger partial charge in [0.2, 0.25) is 0 Å². The minimum atomic E-state index is -0.258. The molecule has 1 aromatic carbocycles. The molecular formula is C19H24FN3O2. The van der Waals surface area contributed by atoms with E-state index in [1.54, 1.807) is 6.07 Å². The summed E-state index contributed by atoms with van der Waals surface area (Å²) in [7, 11) is 0. The molecule has 134 valence electrons. The lowest BCUT2D eigenvalue weighted by molar-refractivity contribution is 0.00460. The molecule has 2 aliphatic heterocycles. The van der Waals surface area contributed by atoms with Crippen LogP contribution in [0.2, 0.25) is 0 Å². The molecule has 0 unspecified atom stereocenters. The molecule has 1 aromatic heterocycles. The molecule has 2 aliphatic rings. The fourth-order valence-corrected chi connectivity index (χ4v) is 3.76. The topological polar surface area (TPSA) is 46.6 Å². The molecule has 2 saturated heterocycles. The molecule has 0 aliphatic carbocycles. The first-order valence-corrected chi connectivity index (χ1v) is 8.99. The summed E-state index contributed by atoms with van der Waals surface area (Å²) < 4.78 is 24.5. The number of aromatic nitrogens is 1. The van der Waals surface area contributed by atoms with Crippen LogP contribution >= 0.6 is 0 Å². The van der Waals surface area contributed by atoms with Crippen molar-refractivity contribution in [3.8, 4) is 0 Å². The summed E-state index contributed by atoms with van der Waals surface area (Å²) in [6.07, 6.45) is 1.10. The Labute approximate surface area is 147 Å². The highest BCUT2D eigenvalue weighted by Gasteiger charge is 2.31. The van der Waals surface area contributed by atoms with Crippen LogP contribution in [0.4, 0.5) is 10.2 Å². The number of fused-ring (bicyclic) bond motifs is 1. The Morgan fingerprint density at radius 2 is 2.00 bits per heavy atom. The van der Waals surface area contributed by atoms with Gasteiger partial charge in [0, 0.05) is 49.7 Å². The lowest BCUT2D eigenvalue weighted by Crippen LogP contribution is -2.50. The Kier molecular flexibility index (Phi) is 5.10. The zero-order valence-electron chi connectivity index (χ0n) is 14.3. The number of rotatable bonds is 5. The van der Waals surface area contributed by atoms with Gasteiger partial charge in [0.1, 0.15) is 11.6 Å². The van der Waals surface area contributed by atoms with Crippen molar-refractivity contribution in [2.24, 2.45) is 5.92 Å². The highest BCUT2D eigenvalue weighted by Crippen LogP contribution is 2.23. The van der Waals surface area contributed by atoms with Gasteiger partial charge in [-0.25, -0.2) is 9.37 Å². The van der Waals surface area contributed by atoms with Gasteiger partial charge in [-0.2, -0.15) is 0 Å². The molecule has 4 rings (SSSR count). The van der Waals surface area contributed by atoms with E-state index < -0.39 is 0 Å². The van der Waals surface area contributed by atoms with Crippen LogP contribution in [0.3, 0.4) is 0 Å². The van der Waals surface area contributed by atoms with E-state index in [-0.39, 0.29) is 5.82 Å². The number of hydrogen-bond donors (Lipinski definition) is 1. The fraction of sp³-hybridized carbons (Fsp3) is 0.526. The van der Waals surface area contributed by atoms with Crippen LogP contribution in [-0.2, 0) is 9.47 Å². The van der Waals surface area contributed by atoms with Crippen molar-refractivity contribution in [3.63, 3.8) is 0 Å². The SMILES string of the molecule is Fc1ccc2ccc(NC[C@H]([C@H]3CCOC3)N3CCOCC3)nc2c1. The Morgan fingerprint density at radius 3 is 2.80 bits per heavy atom. The molecule has 1 N–H and O–H groups in total. The third kappa shape index (κ3) is 3.92. The number of ether oxygens (including phenoxy) is 2. The standard InChI is InChI=1S/C19H24FN3O2/c20-16-3-1-14-2-4-19(22-17(14)11-16)21-12-18(15-5-8-25-13-15)23-6-9-24-10-7-23/h1-4,11,15,18H,5-10,12-13H2,(H,21,22)/t15-,18+/m0/s1. The Hall–Kier alpha value is -1.76. The van der Waals surface area contributed by atoms with E-state index >= 15 is 0 Å². The van der Waals surface area contributed by atoms with E-state index in [0.29, 0.717) is 17.5 Å². The lowest BCUT2D eigenvalue weighted by Gasteiger charge is -2.37. The van der Waals surface area contributed by atoms with E-state index in [2.05, 4.69) is 15.2 Å². The van der Waals surface area contributed by atoms with Crippen LogP contribution in [0, 0.1) is 11.7 Å². The number of pyridine rings is 1. The van der Waals surface area contributed by atoms with Gasteiger partial charge in [-0.1, -0.05) is 0 Å². The van der Waals surface area contributed by atoms with E-state index in [1.165, 1.54) is 12.1 Å². The maximum Gasteiger partial charge on any atom is 0.126 e. The van der Waals surface area contributed by atoms with Crippen molar-refractivity contribution in [2.75, 3.05) is 51.4 Å². The molecule has 0 radical (unpaired) electrons. The van der Waals surface area contributed by atoms with Crippen molar-refractivity contribution < 1.29 is 13.9 Å². The summed E-state index contributed by atoms with van der Waals surface area (Å²) in [6.45, 7) is 5.97. The van der Waals surface area contributed by atoms with Crippen LogP contribution in [0.15, 0.2) is 30.3 Å². The highest BCUT2D eigenvalue weighted by molar-refractivity contribution is 5.80. The molecule has 5 nitrogen and oxygen atoms in total. The van der Waals surface area contributed by atoms with E-state index in [4.69, 9.17) is 9.47 Å². The summed E-state index contributed by atoms with van der Waals surface area (Å²) in [6, 6.07) is 9.04. The predicted octanol–water partition coefficient (Wildman–Crippen LogP) is 2.52. The molecule has 25 heavy (non-hydrogen) atoms. The van der Waals surface area contributed by atoms with Crippen molar-refractivity contribution in [1.82, 2.24) is 9.88 Å². The molecule has 0 bridgehead atoms. The lowest BCUT2D eigenvalue weighted by atomic mass is 9.97. The van der Waals surface area contributed by atoms with Gasteiger partial charge in [-0.3, -0.25) is 4.90 Å². The van der Waals surface area contributed by atoms with Gasteiger partial charge < -0.3 is 14.8 Å². The minimum absolute atomic E-state index is 0.258. The largest absolute Gasteiger partial charge is 0.381 e. The zero-order chi connectivity index (χ0) is 17.1. The van der Waals surface area contributed by atoms with Gasteiger partial charge in [-0.05, 0) is 30.7 Å². The average molecular weight is 345 g/mol. The number of nitrogens with one attached hydrogen (secondary N) is 1. The van der Waals surface area contributed by atoms with E-state index in [0.717, 1.165) is 63.7 Å². The molecule has 0 saturated carbocycles. The highest BCUT2D eigenvalue weighted by atomic mass is 19.1. The Bertz CT molecular complexity index is 715. The summed E-state index contributed by atoms with van der Waals surface area (Å²) >= 11 is 0. The number of nitrogens with zero attached hydrogens (tertiary/aromatic N) is 2. The minimum Gasteiger partial charge on any atom is -0.381 e. The van der Waals surface area contributed by atoms with E-state index in [1.807, 2.05) is 12.1 Å². The summed E-state index contributed by atoms with van der Waals surface area (Å²) in [4.78, 5) is 7.05. The molecule has 2 aromatic rings. The summed E-state index contributed by atoms with van der Waals surface area (Å²) in [5, 5.41) is 4.40. The molecule has 0 spiro atoms. The molecular weight excluding hydrogens is 321 g/mol. The first-order chi connectivity index (χ1) is 12.3. The third-order valence-electron chi connectivity index (χ3n) is 5.17. The maximum absolute atomic E-state index is 13.4. The molecule has 6 heteroatoms. The van der Waals surface area contributed by atoms with Gasteiger partial charge >= 0.3 is 0 Å². The average Bonchev–Trinajstić information content (AvgIpc) is 3.17. The monoisotopic (exact) mass is 345 g/mol. The van der Waals surface area contributed by atoms with Gasteiger partial charge in [0.25, 0.3) is 0 Å².